The summed E-state index contributed by atoms with van der Waals surface area (Å²) in [7, 11) is 0. The predicted octanol–water partition coefficient (Wildman–Crippen LogP) is 4.54. The molecule has 0 aliphatic heterocycles. The van der Waals surface area contributed by atoms with Crippen LogP contribution < -0.4 is 5.32 Å². The average Bonchev–Trinajstić information content (AvgIpc) is 3.03. The van der Waals surface area contributed by atoms with Crippen molar-refractivity contribution < 1.29 is 8.78 Å². The second-order valence-electron chi connectivity index (χ2n) is 5.23. The fourth-order valence-corrected chi connectivity index (χ4v) is 3.06. The van der Waals surface area contributed by atoms with Gasteiger partial charge in [0.2, 0.25) is 0 Å². The number of hydrogen-bond donors (Lipinski definition) is 1. The monoisotopic (exact) mass is 392 g/mol. The topological polar surface area (TPSA) is 68.5 Å². The lowest BCUT2D eigenvalue weighted by molar-refractivity contribution is 0.625. The number of pyridine rings is 1. The minimum absolute atomic E-state index is 0.0430. The Hall–Kier alpha value is -2.84. The van der Waals surface area contributed by atoms with Crippen LogP contribution >= 0.6 is 23.2 Å². The van der Waals surface area contributed by atoms with Gasteiger partial charge in [-0.3, -0.25) is 0 Å². The summed E-state index contributed by atoms with van der Waals surface area (Å²) in [6.45, 7) is 0. The van der Waals surface area contributed by atoms with E-state index in [1.807, 2.05) is 0 Å². The summed E-state index contributed by atoms with van der Waals surface area (Å²) in [4.78, 5) is 11.9. The molecule has 3 aromatic heterocycles. The van der Waals surface area contributed by atoms with Crippen molar-refractivity contribution >= 4 is 45.7 Å². The molecular formula is C16H8Cl2F2N6. The molecule has 0 bridgehead atoms. The Labute approximate surface area is 155 Å². The Bertz CT molecular complexity index is 1090. The van der Waals surface area contributed by atoms with Gasteiger partial charge in [-0.1, -0.05) is 23.2 Å². The molecule has 0 aliphatic carbocycles. The number of rotatable bonds is 3. The average molecular weight is 393 g/mol. The van der Waals surface area contributed by atoms with Crippen LogP contribution in [0.1, 0.15) is 0 Å². The molecule has 4 aromatic rings. The lowest BCUT2D eigenvalue weighted by Gasteiger charge is -2.06. The molecule has 0 aliphatic rings. The van der Waals surface area contributed by atoms with E-state index in [0.717, 1.165) is 18.3 Å². The van der Waals surface area contributed by atoms with Gasteiger partial charge >= 0.3 is 0 Å². The van der Waals surface area contributed by atoms with E-state index in [9.17, 15) is 8.78 Å². The fraction of sp³-hybridized carbons (Fsp3) is 0. The summed E-state index contributed by atoms with van der Waals surface area (Å²) < 4.78 is 28.9. The maximum Gasteiger partial charge on any atom is 0.169 e. The molecule has 1 N–H and O–H groups in total. The molecule has 0 atom stereocenters. The largest absolute Gasteiger partial charge is 0.324 e. The van der Waals surface area contributed by atoms with Gasteiger partial charge in [-0.2, -0.15) is 5.10 Å². The summed E-state index contributed by atoms with van der Waals surface area (Å²) in [6.07, 6.45) is 5.46. The van der Waals surface area contributed by atoms with E-state index in [-0.39, 0.29) is 21.2 Å². The van der Waals surface area contributed by atoms with E-state index in [1.54, 1.807) is 12.3 Å². The minimum atomic E-state index is -0.624. The molecule has 0 amide bonds. The highest BCUT2D eigenvalue weighted by Gasteiger charge is 2.17. The molecular weight excluding hydrogens is 385 g/mol. The third kappa shape index (κ3) is 2.93. The first-order valence-electron chi connectivity index (χ1n) is 7.25. The van der Waals surface area contributed by atoms with Crippen LogP contribution in [0.25, 0.3) is 16.6 Å². The highest BCUT2D eigenvalue weighted by Crippen LogP contribution is 2.32. The van der Waals surface area contributed by atoms with Gasteiger partial charge in [0.15, 0.2) is 5.82 Å². The van der Waals surface area contributed by atoms with Crippen molar-refractivity contribution in [2.24, 2.45) is 0 Å². The lowest BCUT2D eigenvalue weighted by Crippen LogP contribution is -1.97. The van der Waals surface area contributed by atoms with Crippen molar-refractivity contribution in [1.82, 2.24) is 24.7 Å². The summed E-state index contributed by atoms with van der Waals surface area (Å²) in [5, 5.41) is 7.60. The molecule has 130 valence electrons. The standard InChI is InChI=1S/C16H8Cl2F2N6/c17-10-3-8(19)4-11(18)15(10)26-6-9-14(25-26)12(20)5-22-16(9)24-13-1-2-21-7-23-13/h1-7H,(H,21,22,23,24). The van der Waals surface area contributed by atoms with Gasteiger partial charge in [-0.25, -0.2) is 28.4 Å². The van der Waals surface area contributed by atoms with Crippen LogP contribution in [0.2, 0.25) is 10.0 Å². The summed E-state index contributed by atoms with van der Waals surface area (Å²) in [5.74, 6) is -0.396. The number of nitrogens with one attached hydrogen (secondary N) is 1. The Balaban J connectivity index is 1.87. The van der Waals surface area contributed by atoms with Crippen molar-refractivity contribution in [2.45, 2.75) is 0 Å². The van der Waals surface area contributed by atoms with Gasteiger partial charge < -0.3 is 5.32 Å². The molecule has 0 saturated heterocycles. The van der Waals surface area contributed by atoms with Crippen molar-refractivity contribution in [3.8, 4) is 5.69 Å². The van der Waals surface area contributed by atoms with E-state index < -0.39 is 11.6 Å². The van der Waals surface area contributed by atoms with E-state index in [4.69, 9.17) is 23.2 Å². The molecule has 10 heteroatoms. The summed E-state index contributed by atoms with van der Waals surface area (Å²) in [5.41, 5.74) is 0.284. The first-order valence-corrected chi connectivity index (χ1v) is 8.00. The number of anilines is 2. The van der Waals surface area contributed by atoms with E-state index in [0.29, 0.717) is 17.0 Å². The maximum absolute atomic E-state index is 14.2. The summed E-state index contributed by atoms with van der Waals surface area (Å²) in [6, 6.07) is 3.84. The van der Waals surface area contributed by atoms with Gasteiger partial charge in [-0.15, -0.1) is 0 Å². The van der Waals surface area contributed by atoms with E-state index >= 15 is 0 Å². The van der Waals surface area contributed by atoms with Gasteiger partial charge in [0.25, 0.3) is 0 Å². The van der Waals surface area contributed by atoms with Gasteiger partial charge in [0, 0.05) is 12.4 Å². The highest BCUT2D eigenvalue weighted by molar-refractivity contribution is 6.37. The second-order valence-corrected chi connectivity index (χ2v) is 6.04. The van der Waals surface area contributed by atoms with Crippen LogP contribution in [-0.4, -0.2) is 24.7 Å². The molecule has 4 rings (SSSR count). The smallest absolute Gasteiger partial charge is 0.169 e. The summed E-state index contributed by atoms with van der Waals surface area (Å²) >= 11 is 12.2. The second kappa shape index (κ2) is 6.47. The van der Waals surface area contributed by atoms with Crippen LogP contribution in [-0.2, 0) is 0 Å². The van der Waals surface area contributed by atoms with Gasteiger partial charge in [-0.05, 0) is 18.2 Å². The Morgan fingerprint density at radius 1 is 1.08 bits per heavy atom. The van der Waals surface area contributed by atoms with Gasteiger partial charge in [0.1, 0.15) is 35.0 Å². The maximum atomic E-state index is 14.2. The third-order valence-electron chi connectivity index (χ3n) is 3.54. The molecule has 0 spiro atoms. The molecule has 26 heavy (non-hydrogen) atoms. The van der Waals surface area contributed by atoms with Crippen molar-refractivity contribution in [1.29, 1.82) is 0 Å². The van der Waals surface area contributed by atoms with Crippen LogP contribution in [0.15, 0.2) is 43.1 Å². The van der Waals surface area contributed by atoms with Crippen LogP contribution in [0, 0.1) is 11.6 Å². The number of nitrogens with zero attached hydrogens (tertiary/aromatic N) is 5. The lowest BCUT2D eigenvalue weighted by atomic mass is 10.3. The molecule has 3 heterocycles. The van der Waals surface area contributed by atoms with Crippen LogP contribution in [0.4, 0.5) is 20.4 Å². The van der Waals surface area contributed by atoms with Crippen molar-refractivity contribution in [3.05, 3.63) is 64.8 Å². The normalized spacial score (nSPS) is 11.1. The molecule has 6 nitrogen and oxygen atoms in total. The zero-order chi connectivity index (χ0) is 18.3. The quantitative estimate of drug-likeness (QED) is 0.554. The van der Waals surface area contributed by atoms with E-state index in [2.05, 4.69) is 25.4 Å². The number of fused-ring (bicyclic) bond motifs is 1. The van der Waals surface area contributed by atoms with Crippen molar-refractivity contribution in [3.63, 3.8) is 0 Å². The molecule has 0 saturated carbocycles. The first kappa shape index (κ1) is 16.6. The highest BCUT2D eigenvalue weighted by atomic mass is 35.5. The fourth-order valence-electron chi connectivity index (χ4n) is 2.43. The SMILES string of the molecule is Fc1cc(Cl)c(-n2cc3c(Nc4ccncn4)ncc(F)c3n2)c(Cl)c1. The predicted molar refractivity (Wildman–Crippen MR) is 94.1 cm³/mol. The van der Waals surface area contributed by atoms with Crippen LogP contribution in [0.3, 0.4) is 0 Å². The minimum Gasteiger partial charge on any atom is -0.324 e. The molecule has 0 fully saturated rings. The van der Waals surface area contributed by atoms with Crippen molar-refractivity contribution in [2.75, 3.05) is 5.32 Å². The number of hydrogen-bond acceptors (Lipinski definition) is 5. The third-order valence-corrected chi connectivity index (χ3v) is 4.12. The Morgan fingerprint density at radius 2 is 1.85 bits per heavy atom. The number of aromatic nitrogens is 5. The zero-order valence-electron chi connectivity index (χ0n) is 12.8. The van der Waals surface area contributed by atoms with E-state index in [1.165, 1.54) is 17.2 Å². The van der Waals surface area contributed by atoms with Crippen LogP contribution in [0.5, 0.6) is 0 Å². The van der Waals surface area contributed by atoms with Gasteiger partial charge in [0.05, 0.1) is 21.6 Å². The number of halogens is 4. The molecule has 0 radical (unpaired) electrons. The first-order chi connectivity index (χ1) is 12.5. The molecule has 1 aromatic carbocycles. The number of benzene rings is 1. The Morgan fingerprint density at radius 3 is 2.54 bits per heavy atom. The molecule has 0 unspecified atom stereocenters. The Kier molecular flexibility index (Phi) is 4.14. The zero-order valence-corrected chi connectivity index (χ0v) is 14.3.